The summed E-state index contributed by atoms with van der Waals surface area (Å²) in [5.41, 5.74) is 4.75. The average molecular weight is 439 g/mol. The normalized spacial score (nSPS) is 22.2. The van der Waals surface area contributed by atoms with Gasteiger partial charge in [0.1, 0.15) is 0 Å². The molecule has 0 aromatic rings. The summed E-state index contributed by atoms with van der Waals surface area (Å²) in [4.78, 5) is 23.2. The molecule has 0 radical (unpaired) electrons. The summed E-state index contributed by atoms with van der Waals surface area (Å²) in [6.45, 7) is 1.27. The molecular formula is C16H30N4O2S4. The standard InChI is InChI=1S/C16H30N4O2S4/c21-15(17-9-3-1-5-13-7-11-23-25-13)19-20-16(22)18-10-4-2-6-14-8-12-24-26-14/h13-14H,1-12H2,(H2,17,19,21)(H2,18,20,22). The summed E-state index contributed by atoms with van der Waals surface area (Å²) >= 11 is 0. The topological polar surface area (TPSA) is 82.3 Å². The molecule has 2 unspecified atom stereocenters. The van der Waals surface area contributed by atoms with E-state index in [9.17, 15) is 9.59 Å². The predicted molar refractivity (Wildman–Crippen MR) is 118 cm³/mol. The Morgan fingerprint density at radius 3 is 1.58 bits per heavy atom. The molecule has 2 fully saturated rings. The van der Waals surface area contributed by atoms with Crippen LogP contribution in [0.4, 0.5) is 9.59 Å². The summed E-state index contributed by atoms with van der Waals surface area (Å²) in [7, 11) is 7.91. The molecular weight excluding hydrogens is 408 g/mol. The van der Waals surface area contributed by atoms with Crippen LogP contribution in [0.1, 0.15) is 51.4 Å². The van der Waals surface area contributed by atoms with Gasteiger partial charge in [0.25, 0.3) is 0 Å². The van der Waals surface area contributed by atoms with E-state index in [1.807, 2.05) is 43.2 Å². The van der Waals surface area contributed by atoms with Gasteiger partial charge in [-0.1, -0.05) is 56.0 Å². The van der Waals surface area contributed by atoms with Crippen molar-refractivity contribution in [3.63, 3.8) is 0 Å². The van der Waals surface area contributed by atoms with Gasteiger partial charge in [0.2, 0.25) is 0 Å². The summed E-state index contributed by atoms with van der Waals surface area (Å²) in [6.07, 6.45) is 9.26. The minimum atomic E-state index is -0.360. The highest BCUT2D eigenvalue weighted by Crippen LogP contribution is 2.40. The highest BCUT2D eigenvalue weighted by Gasteiger charge is 2.16. The van der Waals surface area contributed by atoms with Gasteiger partial charge in [-0.3, -0.25) is 0 Å². The summed E-state index contributed by atoms with van der Waals surface area (Å²) in [5.74, 6) is 2.53. The molecule has 2 aliphatic heterocycles. The SMILES string of the molecule is O=C(NCCCCC1CCSS1)NNC(=O)NCCCCC1CCSS1. The van der Waals surface area contributed by atoms with Crippen LogP contribution in [0, 0.1) is 0 Å². The fraction of sp³-hybridized carbons (Fsp3) is 0.875. The summed E-state index contributed by atoms with van der Waals surface area (Å²) in [6, 6.07) is -0.719. The third kappa shape index (κ3) is 10.3. The van der Waals surface area contributed by atoms with Crippen molar-refractivity contribution in [1.82, 2.24) is 21.5 Å². The molecule has 2 heterocycles. The van der Waals surface area contributed by atoms with E-state index in [2.05, 4.69) is 21.5 Å². The summed E-state index contributed by atoms with van der Waals surface area (Å²) < 4.78 is 0. The molecule has 0 aliphatic carbocycles. The highest BCUT2D eigenvalue weighted by molar-refractivity contribution is 8.77. The van der Waals surface area contributed by atoms with Gasteiger partial charge in [-0.25, -0.2) is 20.4 Å². The van der Waals surface area contributed by atoms with E-state index in [1.165, 1.54) is 37.2 Å². The first-order chi connectivity index (χ1) is 12.7. The quantitative estimate of drug-likeness (QED) is 0.233. The van der Waals surface area contributed by atoms with Crippen molar-refractivity contribution in [3.05, 3.63) is 0 Å². The Kier molecular flexibility index (Phi) is 12.0. The molecule has 2 aliphatic rings. The largest absolute Gasteiger partial charge is 0.337 e. The lowest BCUT2D eigenvalue weighted by Crippen LogP contribution is -2.50. The molecule has 0 spiro atoms. The van der Waals surface area contributed by atoms with Crippen LogP contribution in [0.25, 0.3) is 0 Å². The number of hydrazine groups is 1. The number of urea groups is 2. The smallest absolute Gasteiger partial charge is 0.333 e. The first kappa shape index (κ1) is 22.2. The molecule has 0 bridgehead atoms. The predicted octanol–water partition coefficient (Wildman–Crippen LogP) is 4.15. The van der Waals surface area contributed by atoms with E-state index >= 15 is 0 Å². The zero-order valence-corrected chi connectivity index (χ0v) is 18.4. The lowest BCUT2D eigenvalue weighted by molar-refractivity contribution is 0.224. The molecule has 150 valence electrons. The van der Waals surface area contributed by atoms with Crippen LogP contribution in [-0.2, 0) is 0 Å². The maximum absolute atomic E-state index is 11.6. The lowest BCUT2D eigenvalue weighted by atomic mass is 10.1. The van der Waals surface area contributed by atoms with Gasteiger partial charge >= 0.3 is 12.1 Å². The van der Waals surface area contributed by atoms with Crippen LogP contribution in [0.5, 0.6) is 0 Å². The number of hydrogen-bond donors (Lipinski definition) is 4. The Morgan fingerprint density at radius 2 is 1.19 bits per heavy atom. The van der Waals surface area contributed by atoms with E-state index in [0.717, 1.165) is 36.2 Å². The van der Waals surface area contributed by atoms with Crippen LogP contribution < -0.4 is 21.5 Å². The first-order valence-electron chi connectivity index (χ1n) is 9.38. The molecule has 2 saturated heterocycles. The van der Waals surface area contributed by atoms with E-state index in [1.54, 1.807) is 0 Å². The molecule has 6 nitrogen and oxygen atoms in total. The zero-order chi connectivity index (χ0) is 18.5. The zero-order valence-electron chi connectivity index (χ0n) is 15.1. The number of carbonyl (C=O) groups excluding carboxylic acids is 2. The molecule has 4 N–H and O–H groups in total. The Bertz CT molecular complexity index is 381. The molecule has 0 aromatic heterocycles. The van der Waals surface area contributed by atoms with Gasteiger partial charge in [-0.15, -0.1) is 0 Å². The summed E-state index contributed by atoms with van der Waals surface area (Å²) in [5, 5.41) is 7.10. The number of amides is 4. The van der Waals surface area contributed by atoms with Crippen LogP contribution in [-0.4, -0.2) is 47.2 Å². The maximum atomic E-state index is 11.6. The van der Waals surface area contributed by atoms with Crippen LogP contribution in [0.2, 0.25) is 0 Å². The van der Waals surface area contributed by atoms with E-state index < -0.39 is 0 Å². The Balaban J connectivity index is 1.35. The molecule has 26 heavy (non-hydrogen) atoms. The van der Waals surface area contributed by atoms with Crippen LogP contribution in [0.15, 0.2) is 0 Å². The van der Waals surface area contributed by atoms with Crippen molar-refractivity contribution < 1.29 is 9.59 Å². The Hall–Kier alpha value is -0.0600. The molecule has 2 atom stereocenters. The van der Waals surface area contributed by atoms with Gasteiger partial charge < -0.3 is 10.6 Å². The van der Waals surface area contributed by atoms with Gasteiger partial charge in [-0.05, 0) is 38.5 Å². The fourth-order valence-corrected chi connectivity index (χ4v) is 8.78. The molecule has 0 saturated carbocycles. The van der Waals surface area contributed by atoms with E-state index in [0.29, 0.717) is 13.1 Å². The Labute approximate surface area is 172 Å². The van der Waals surface area contributed by atoms with Crippen molar-refractivity contribution in [3.8, 4) is 0 Å². The fourth-order valence-electron chi connectivity index (χ4n) is 2.73. The molecule has 2 rings (SSSR count). The lowest BCUT2D eigenvalue weighted by Gasteiger charge is -2.11. The maximum Gasteiger partial charge on any atom is 0.333 e. The van der Waals surface area contributed by atoms with Crippen LogP contribution >= 0.6 is 43.2 Å². The highest BCUT2D eigenvalue weighted by atomic mass is 33.1. The van der Waals surface area contributed by atoms with Crippen molar-refractivity contribution in [2.24, 2.45) is 0 Å². The molecule has 10 heteroatoms. The van der Waals surface area contributed by atoms with Gasteiger partial charge in [0, 0.05) is 35.1 Å². The van der Waals surface area contributed by atoms with E-state index in [-0.39, 0.29) is 12.1 Å². The average Bonchev–Trinajstić information content (AvgIpc) is 3.33. The van der Waals surface area contributed by atoms with Gasteiger partial charge in [0.15, 0.2) is 0 Å². The minimum absolute atomic E-state index is 0.360. The monoisotopic (exact) mass is 438 g/mol. The second kappa shape index (κ2) is 14.0. The van der Waals surface area contributed by atoms with E-state index in [4.69, 9.17) is 0 Å². The second-order valence-electron chi connectivity index (χ2n) is 6.41. The number of nitrogens with one attached hydrogen (secondary N) is 4. The molecule has 0 aromatic carbocycles. The third-order valence-electron chi connectivity index (χ3n) is 4.22. The first-order valence-corrected chi connectivity index (χ1v) is 14.1. The Morgan fingerprint density at radius 1 is 0.731 bits per heavy atom. The van der Waals surface area contributed by atoms with Gasteiger partial charge in [-0.2, -0.15) is 0 Å². The van der Waals surface area contributed by atoms with Crippen LogP contribution in [0.3, 0.4) is 0 Å². The van der Waals surface area contributed by atoms with Crippen molar-refractivity contribution in [2.75, 3.05) is 24.6 Å². The number of hydrogen-bond acceptors (Lipinski definition) is 6. The second-order valence-corrected chi connectivity index (χ2v) is 12.0. The van der Waals surface area contributed by atoms with Crippen molar-refractivity contribution in [2.45, 2.75) is 61.9 Å². The number of unbranched alkanes of at least 4 members (excludes halogenated alkanes) is 2. The van der Waals surface area contributed by atoms with Crippen molar-refractivity contribution >= 4 is 55.2 Å². The molecule has 4 amide bonds. The number of carbonyl (C=O) groups is 2. The van der Waals surface area contributed by atoms with Gasteiger partial charge in [0.05, 0.1) is 0 Å². The third-order valence-corrected chi connectivity index (χ3v) is 10.2. The number of rotatable bonds is 10. The van der Waals surface area contributed by atoms with Crippen molar-refractivity contribution in [1.29, 1.82) is 0 Å². The minimum Gasteiger partial charge on any atom is -0.337 e.